The Morgan fingerprint density at radius 1 is 0.800 bits per heavy atom. The molecular weight excluding hydrogens is 244 g/mol. The number of rotatable bonds is 7. The zero-order valence-corrected chi connectivity index (χ0v) is 12.5. The quantitative estimate of drug-likeness (QED) is 0.656. The second-order valence-corrected chi connectivity index (χ2v) is 5.16. The van der Waals surface area contributed by atoms with Crippen molar-refractivity contribution in [2.24, 2.45) is 0 Å². The van der Waals surface area contributed by atoms with E-state index in [9.17, 15) is 0 Å². The van der Waals surface area contributed by atoms with Crippen molar-refractivity contribution in [3.05, 3.63) is 71.8 Å². The molecule has 0 N–H and O–H groups in total. The predicted molar refractivity (Wildman–Crippen MR) is 84.8 cm³/mol. The fourth-order valence-electron chi connectivity index (χ4n) is 2.49. The molecule has 0 saturated carbocycles. The van der Waals surface area contributed by atoms with Gasteiger partial charge in [0.05, 0.1) is 6.10 Å². The zero-order valence-electron chi connectivity index (χ0n) is 12.5. The first kappa shape index (κ1) is 14.8. The minimum Gasteiger partial charge on any atom is -0.366 e. The maximum Gasteiger partial charge on any atom is 0.108 e. The molecule has 1 nitrogen and oxygen atoms in total. The summed E-state index contributed by atoms with van der Waals surface area (Å²) in [6.07, 6.45) is 3.70. The van der Waals surface area contributed by atoms with Gasteiger partial charge in [-0.25, -0.2) is 0 Å². The van der Waals surface area contributed by atoms with Gasteiger partial charge in [-0.15, -0.1) is 0 Å². The Bertz CT molecular complexity index is 438. The van der Waals surface area contributed by atoms with Gasteiger partial charge in [-0.1, -0.05) is 80.9 Å². The standard InChI is InChI=1S/C19H24O/c1-3-11-18(4-2)20-19(16-12-7-5-8-13-16)17-14-9-6-10-15-17/h5-10,12-15,18-19H,3-4,11H2,1-2H3. The van der Waals surface area contributed by atoms with E-state index in [2.05, 4.69) is 74.5 Å². The van der Waals surface area contributed by atoms with Crippen molar-refractivity contribution in [3.63, 3.8) is 0 Å². The van der Waals surface area contributed by atoms with Crippen LogP contribution in [0.4, 0.5) is 0 Å². The fourth-order valence-corrected chi connectivity index (χ4v) is 2.49. The molecule has 0 radical (unpaired) electrons. The Balaban J connectivity index is 2.25. The third kappa shape index (κ3) is 3.94. The summed E-state index contributed by atoms with van der Waals surface area (Å²) in [7, 11) is 0. The van der Waals surface area contributed by atoms with Gasteiger partial charge >= 0.3 is 0 Å². The van der Waals surface area contributed by atoms with Crippen LogP contribution in [0.15, 0.2) is 60.7 Å². The van der Waals surface area contributed by atoms with E-state index in [0.717, 1.165) is 19.3 Å². The molecule has 0 aliphatic rings. The average Bonchev–Trinajstić information content (AvgIpc) is 2.53. The summed E-state index contributed by atoms with van der Waals surface area (Å²) in [5.41, 5.74) is 2.46. The first-order valence-corrected chi connectivity index (χ1v) is 7.60. The summed E-state index contributed by atoms with van der Waals surface area (Å²) in [4.78, 5) is 0. The molecule has 2 aromatic carbocycles. The van der Waals surface area contributed by atoms with Crippen LogP contribution >= 0.6 is 0 Å². The van der Waals surface area contributed by atoms with Gasteiger partial charge in [0.1, 0.15) is 6.10 Å². The van der Waals surface area contributed by atoms with Crippen molar-refractivity contribution in [2.75, 3.05) is 0 Å². The molecule has 1 heteroatoms. The Morgan fingerprint density at radius 3 is 1.70 bits per heavy atom. The molecule has 0 heterocycles. The van der Waals surface area contributed by atoms with Crippen molar-refractivity contribution >= 4 is 0 Å². The first-order chi connectivity index (χ1) is 9.85. The van der Waals surface area contributed by atoms with Crippen molar-refractivity contribution in [1.82, 2.24) is 0 Å². The van der Waals surface area contributed by atoms with Gasteiger partial charge in [0.15, 0.2) is 0 Å². The SMILES string of the molecule is CCCC(CC)OC(c1ccccc1)c1ccccc1. The molecule has 1 unspecified atom stereocenters. The van der Waals surface area contributed by atoms with E-state index >= 15 is 0 Å². The maximum absolute atomic E-state index is 6.41. The molecule has 0 fully saturated rings. The normalized spacial score (nSPS) is 12.6. The Hall–Kier alpha value is -1.60. The molecular formula is C19H24O. The molecule has 2 aromatic rings. The number of ether oxygens (including phenoxy) is 1. The van der Waals surface area contributed by atoms with Crippen LogP contribution in [0, 0.1) is 0 Å². The van der Waals surface area contributed by atoms with Gasteiger partial charge in [0.25, 0.3) is 0 Å². The minimum atomic E-state index is 0.0360. The highest BCUT2D eigenvalue weighted by molar-refractivity contribution is 5.29. The van der Waals surface area contributed by atoms with Crippen molar-refractivity contribution in [2.45, 2.75) is 45.3 Å². The van der Waals surface area contributed by atoms with E-state index in [1.54, 1.807) is 0 Å². The highest BCUT2D eigenvalue weighted by Gasteiger charge is 2.18. The van der Waals surface area contributed by atoms with E-state index in [4.69, 9.17) is 4.74 Å². The summed E-state index contributed by atoms with van der Waals surface area (Å²) >= 11 is 0. The lowest BCUT2D eigenvalue weighted by atomic mass is 10.0. The van der Waals surface area contributed by atoms with Crippen LogP contribution in [0.25, 0.3) is 0 Å². The zero-order chi connectivity index (χ0) is 14.2. The highest BCUT2D eigenvalue weighted by atomic mass is 16.5. The first-order valence-electron chi connectivity index (χ1n) is 7.60. The van der Waals surface area contributed by atoms with Crippen molar-refractivity contribution < 1.29 is 4.74 Å². The number of benzene rings is 2. The highest BCUT2D eigenvalue weighted by Crippen LogP contribution is 2.28. The van der Waals surface area contributed by atoms with E-state index < -0.39 is 0 Å². The van der Waals surface area contributed by atoms with E-state index in [1.807, 2.05) is 0 Å². The Morgan fingerprint density at radius 2 is 1.30 bits per heavy atom. The Labute approximate surface area is 122 Å². The molecule has 0 aromatic heterocycles. The van der Waals surface area contributed by atoms with Crippen molar-refractivity contribution in [3.8, 4) is 0 Å². The second kappa shape index (κ2) is 7.86. The number of hydrogen-bond acceptors (Lipinski definition) is 1. The summed E-state index contributed by atoms with van der Waals surface area (Å²) < 4.78 is 6.41. The smallest absolute Gasteiger partial charge is 0.108 e. The molecule has 106 valence electrons. The fraction of sp³-hybridized carbons (Fsp3) is 0.368. The molecule has 0 aliphatic carbocycles. The second-order valence-electron chi connectivity index (χ2n) is 5.16. The van der Waals surface area contributed by atoms with Gasteiger partial charge in [0, 0.05) is 0 Å². The molecule has 0 spiro atoms. The van der Waals surface area contributed by atoms with Crippen LogP contribution in [0.1, 0.15) is 50.3 Å². The van der Waals surface area contributed by atoms with Crippen LogP contribution in [0.2, 0.25) is 0 Å². The molecule has 20 heavy (non-hydrogen) atoms. The van der Waals surface area contributed by atoms with E-state index in [-0.39, 0.29) is 6.10 Å². The largest absolute Gasteiger partial charge is 0.366 e. The topological polar surface area (TPSA) is 9.23 Å². The van der Waals surface area contributed by atoms with Gasteiger partial charge < -0.3 is 4.74 Å². The lowest BCUT2D eigenvalue weighted by molar-refractivity contribution is 0.00111. The van der Waals surface area contributed by atoms with Crippen LogP contribution < -0.4 is 0 Å². The van der Waals surface area contributed by atoms with Gasteiger partial charge in [-0.3, -0.25) is 0 Å². The van der Waals surface area contributed by atoms with Gasteiger partial charge in [-0.05, 0) is 24.0 Å². The summed E-state index contributed by atoms with van der Waals surface area (Å²) in [6, 6.07) is 21.0. The molecule has 0 aliphatic heterocycles. The molecule has 1 atom stereocenters. The van der Waals surface area contributed by atoms with Crippen LogP contribution in [-0.2, 0) is 4.74 Å². The van der Waals surface area contributed by atoms with Gasteiger partial charge in [0.2, 0.25) is 0 Å². The van der Waals surface area contributed by atoms with Gasteiger partial charge in [-0.2, -0.15) is 0 Å². The molecule has 0 amide bonds. The lowest BCUT2D eigenvalue weighted by Gasteiger charge is -2.25. The minimum absolute atomic E-state index is 0.0360. The Kier molecular flexibility index (Phi) is 5.82. The van der Waals surface area contributed by atoms with E-state index in [0.29, 0.717) is 6.10 Å². The summed E-state index contributed by atoms with van der Waals surface area (Å²) in [6.45, 7) is 4.42. The molecule has 2 rings (SSSR count). The molecule has 0 saturated heterocycles. The molecule has 0 bridgehead atoms. The van der Waals surface area contributed by atoms with Crippen LogP contribution in [0.5, 0.6) is 0 Å². The lowest BCUT2D eigenvalue weighted by Crippen LogP contribution is -2.17. The summed E-state index contributed by atoms with van der Waals surface area (Å²) in [5, 5.41) is 0. The average molecular weight is 268 g/mol. The number of hydrogen-bond donors (Lipinski definition) is 0. The van der Waals surface area contributed by atoms with Crippen molar-refractivity contribution in [1.29, 1.82) is 0 Å². The maximum atomic E-state index is 6.41. The monoisotopic (exact) mass is 268 g/mol. The van der Waals surface area contributed by atoms with E-state index in [1.165, 1.54) is 11.1 Å². The third-order valence-corrected chi connectivity index (χ3v) is 3.60. The predicted octanol–water partition coefficient (Wildman–Crippen LogP) is 5.37. The van der Waals surface area contributed by atoms with Crippen LogP contribution in [-0.4, -0.2) is 6.10 Å². The third-order valence-electron chi connectivity index (χ3n) is 3.60. The summed E-state index contributed by atoms with van der Waals surface area (Å²) in [5.74, 6) is 0. The van der Waals surface area contributed by atoms with Crippen LogP contribution in [0.3, 0.4) is 0 Å².